The maximum atomic E-state index is 13.4. The molecule has 2 heterocycles. The minimum Gasteiger partial charge on any atom is -0.324 e. The Labute approximate surface area is 171 Å². The lowest BCUT2D eigenvalue weighted by molar-refractivity contribution is 0.491. The van der Waals surface area contributed by atoms with Crippen molar-refractivity contribution in [3.8, 4) is 0 Å². The van der Waals surface area contributed by atoms with Gasteiger partial charge >= 0.3 is 0 Å². The molecular formula is C21H22N2O4S2. The van der Waals surface area contributed by atoms with Crippen molar-refractivity contribution in [3.63, 3.8) is 0 Å². The first-order valence-corrected chi connectivity index (χ1v) is 12.4. The van der Waals surface area contributed by atoms with Gasteiger partial charge < -0.3 is 5.73 Å². The fraction of sp³-hybridized carbons (Fsp3) is 0.190. The maximum absolute atomic E-state index is 13.4. The number of hydrogen-bond acceptors (Lipinski definition) is 6. The van der Waals surface area contributed by atoms with Gasteiger partial charge in [0.05, 0.1) is 15.5 Å². The normalized spacial score (nSPS) is 20.0. The van der Waals surface area contributed by atoms with Gasteiger partial charge in [-0.3, -0.25) is 14.1 Å². The highest BCUT2D eigenvalue weighted by atomic mass is 32.3. The van der Waals surface area contributed by atoms with E-state index >= 15 is 0 Å². The molecule has 4 N–H and O–H groups in total. The number of nitrogens with zero attached hydrogens (tertiary/aromatic N) is 1. The number of nitrogens with two attached hydrogens (primary N) is 1. The monoisotopic (exact) mass is 430 g/mol. The maximum Gasteiger partial charge on any atom is 0.187 e. The molecule has 2 atom stereocenters. The van der Waals surface area contributed by atoms with E-state index in [2.05, 4.69) is 4.98 Å². The molecule has 0 amide bonds. The van der Waals surface area contributed by atoms with Gasteiger partial charge in [0.1, 0.15) is 5.25 Å². The summed E-state index contributed by atoms with van der Waals surface area (Å²) in [5, 5.41) is -1.05. The van der Waals surface area contributed by atoms with Crippen LogP contribution in [-0.2, 0) is 16.3 Å². The van der Waals surface area contributed by atoms with E-state index in [9.17, 15) is 17.5 Å². The van der Waals surface area contributed by atoms with Crippen LogP contribution in [-0.4, -0.2) is 28.3 Å². The zero-order valence-corrected chi connectivity index (χ0v) is 17.2. The van der Waals surface area contributed by atoms with E-state index in [1.54, 1.807) is 48.8 Å². The van der Waals surface area contributed by atoms with Gasteiger partial charge in [-0.15, -0.1) is 0 Å². The third-order valence-corrected chi connectivity index (χ3v) is 9.33. The predicted octanol–water partition coefficient (Wildman–Crippen LogP) is 3.96. The number of sulfone groups is 1. The van der Waals surface area contributed by atoms with E-state index < -0.39 is 31.7 Å². The molecule has 0 saturated carbocycles. The van der Waals surface area contributed by atoms with Crippen LogP contribution in [0.25, 0.3) is 0 Å². The van der Waals surface area contributed by atoms with Crippen LogP contribution in [0, 0.1) is 0 Å². The summed E-state index contributed by atoms with van der Waals surface area (Å²) in [7, 11) is -7.04. The lowest BCUT2D eigenvalue weighted by Gasteiger charge is -2.27. The predicted molar refractivity (Wildman–Crippen MR) is 114 cm³/mol. The number of pyridine rings is 1. The molecule has 2 unspecified atom stereocenters. The van der Waals surface area contributed by atoms with Crippen molar-refractivity contribution in [1.29, 1.82) is 0 Å². The summed E-state index contributed by atoms with van der Waals surface area (Å²) in [5.41, 5.74) is 8.42. The molecule has 0 radical (unpaired) electrons. The molecule has 0 fully saturated rings. The summed E-state index contributed by atoms with van der Waals surface area (Å²) in [6, 6.07) is 16.4. The number of aromatic nitrogens is 1. The standard InChI is InChI=1S/C21H22N2O4S2/c22-18(12-15-6-5-11-23-13-15)17-9-4-10-19-21(17)20(14-28(19,24)25)29(26,27)16-7-2-1-3-8-16/h1-11,13,18,20,24-25H,12,14,22H2. The zero-order chi connectivity index (χ0) is 20.6. The van der Waals surface area contributed by atoms with E-state index in [0.29, 0.717) is 17.5 Å². The molecule has 6 nitrogen and oxygen atoms in total. The van der Waals surface area contributed by atoms with Crippen LogP contribution in [0.1, 0.15) is 28.0 Å². The number of fused-ring (bicyclic) bond motifs is 1. The number of hydrogen-bond donors (Lipinski definition) is 3. The van der Waals surface area contributed by atoms with E-state index in [0.717, 1.165) is 5.56 Å². The van der Waals surface area contributed by atoms with Gasteiger partial charge in [0.25, 0.3) is 0 Å². The van der Waals surface area contributed by atoms with Crippen molar-refractivity contribution in [1.82, 2.24) is 4.98 Å². The van der Waals surface area contributed by atoms with Crippen molar-refractivity contribution < 1.29 is 17.5 Å². The van der Waals surface area contributed by atoms with Crippen LogP contribution < -0.4 is 5.73 Å². The minimum absolute atomic E-state index is 0.156. The molecule has 1 aliphatic rings. The first-order valence-electron chi connectivity index (χ1n) is 9.13. The first kappa shape index (κ1) is 20.1. The highest BCUT2D eigenvalue weighted by Gasteiger charge is 2.44. The second-order valence-electron chi connectivity index (χ2n) is 7.11. The smallest absolute Gasteiger partial charge is 0.187 e. The third kappa shape index (κ3) is 3.70. The van der Waals surface area contributed by atoms with Crippen molar-refractivity contribution in [2.75, 3.05) is 5.75 Å². The Bertz CT molecular complexity index is 1120. The van der Waals surface area contributed by atoms with Crippen LogP contribution in [0.4, 0.5) is 0 Å². The lowest BCUT2D eigenvalue weighted by atomic mass is 9.95. The summed E-state index contributed by atoms with van der Waals surface area (Å²) < 4.78 is 48.0. The van der Waals surface area contributed by atoms with E-state index in [-0.39, 0.29) is 15.5 Å². The first-order chi connectivity index (χ1) is 13.8. The quantitative estimate of drug-likeness (QED) is 0.565. The number of rotatable bonds is 5. The number of benzene rings is 2. The van der Waals surface area contributed by atoms with E-state index in [1.165, 1.54) is 12.1 Å². The molecule has 0 aliphatic carbocycles. The Morgan fingerprint density at radius 1 is 1.07 bits per heavy atom. The molecule has 8 heteroatoms. The van der Waals surface area contributed by atoms with Crippen molar-refractivity contribution in [2.45, 2.75) is 27.5 Å². The molecule has 29 heavy (non-hydrogen) atoms. The van der Waals surface area contributed by atoms with E-state index in [4.69, 9.17) is 5.73 Å². The fourth-order valence-corrected chi connectivity index (χ4v) is 8.28. The summed E-state index contributed by atoms with van der Waals surface area (Å²) in [5.74, 6) is -0.254. The van der Waals surface area contributed by atoms with Gasteiger partial charge in [-0.25, -0.2) is 8.42 Å². The SMILES string of the molecule is NC(Cc1cccnc1)c1cccc2c1C(S(=O)(=O)c1ccccc1)CS2(O)O. The average molecular weight is 431 g/mol. The van der Waals surface area contributed by atoms with Gasteiger partial charge in [0.15, 0.2) is 9.84 Å². The van der Waals surface area contributed by atoms with Crippen LogP contribution in [0.2, 0.25) is 0 Å². The molecular weight excluding hydrogens is 408 g/mol. The van der Waals surface area contributed by atoms with Crippen LogP contribution >= 0.6 is 10.6 Å². The van der Waals surface area contributed by atoms with Crippen LogP contribution in [0.15, 0.2) is 82.8 Å². The molecule has 4 rings (SSSR count). The Morgan fingerprint density at radius 2 is 1.83 bits per heavy atom. The molecule has 0 bridgehead atoms. The fourth-order valence-electron chi connectivity index (χ4n) is 3.80. The Kier molecular flexibility index (Phi) is 5.22. The summed E-state index contributed by atoms with van der Waals surface area (Å²) >= 11 is 0. The third-order valence-electron chi connectivity index (χ3n) is 5.18. The summed E-state index contributed by atoms with van der Waals surface area (Å²) in [6.07, 6.45) is 3.85. The summed E-state index contributed by atoms with van der Waals surface area (Å²) in [4.78, 5) is 4.53. The largest absolute Gasteiger partial charge is 0.324 e. The molecule has 1 aliphatic heterocycles. The Hall–Kier alpha value is -2.23. The molecule has 1 aromatic heterocycles. The van der Waals surface area contributed by atoms with E-state index in [1.807, 2.05) is 12.1 Å². The highest BCUT2D eigenvalue weighted by Crippen LogP contribution is 2.62. The molecule has 0 spiro atoms. The average Bonchev–Trinajstić information content (AvgIpc) is 3.01. The van der Waals surface area contributed by atoms with Gasteiger partial charge in [-0.05, 0) is 47.4 Å². The molecule has 0 saturated heterocycles. The lowest BCUT2D eigenvalue weighted by Crippen LogP contribution is -2.20. The van der Waals surface area contributed by atoms with Crippen LogP contribution in [0.5, 0.6) is 0 Å². The van der Waals surface area contributed by atoms with Crippen LogP contribution in [0.3, 0.4) is 0 Å². The molecule has 152 valence electrons. The topological polar surface area (TPSA) is 114 Å². The Morgan fingerprint density at radius 3 is 2.52 bits per heavy atom. The summed E-state index contributed by atoms with van der Waals surface area (Å²) in [6.45, 7) is 0. The van der Waals surface area contributed by atoms with Gasteiger partial charge in [0.2, 0.25) is 0 Å². The van der Waals surface area contributed by atoms with Crippen molar-refractivity contribution in [2.24, 2.45) is 5.73 Å². The van der Waals surface area contributed by atoms with Crippen molar-refractivity contribution >= 4 is 20.4 Å². The van der Waals surface area contributed by atoms with Crippen molar-refractivity contribution in [3.05, 3.63) is 89.7 Å². The second kappa shape index (κ2) is 7.55. The van der Waals surface area contributed by atoms with Gasteiger partial charge in [0, 0.05) is 18.4 Å². The van der Waals surface area contributed by atoms with Gasteiger partial charge in [-0.2, -0.15) is 10.6 Å². The molecule has 2 aromatic carbocycles. The minimum atomic E-state index is -3.82. The highest BCUT2D eigenvalue weighted by molar-refractivity contribution is 8.25. The Balaban J connectivity index is 1.81. The zero-order valence-electron chi connectivity index (χ0n) is 15.5. The van der Waals surface area contributed by atoms with Gasteiger partial charge in [-0.1, -0.05) is 36.4 Å². The second-order valence-corrected chi connectivity index (χ2v) is 11.3. The molecule has 3 aromatic rings.